The second-order valence-electron chi connectivity index (χ2n) is 6.67. The van der Waals surface area contributed by atoms with Crippen LogP contribution in [0, 0.1) is 4.77 Å². The van der Waals surface area contributed by atoms with Gasteiger partial charge in [-0.05, 0) is 38.0 Å². The highest BCUT2D eigenvalue weighted by Crippen LogP contribution is 2.31. The van der Waals surface area contributed by atoms with Crippen molar-refractivity contribution >= 4 is 29.3 Å². The van der Waals surface area contributed by atoms with Crippen LogP contribution >= 0.6 is 12.2 Å². The van der Waals surface area contributed by atoms with Crippen molar-refractivity contribution < 1.29 is 0 Å². The fourth-order valence-corrected chi connectivity index (χ4v) is 3.99. The molecule has 0 unspecified atom stereocenters. The summed E-state index contributed by atoms with van der Waals surface area (Å²) in [4.78, 5) is 0. The van der Waals surface area contributed by atoms with Crippen LogP contribution in [0.5, 0.6) is 0 Å². The van der Waals surface area contributed by atoms with E-state index < -0.39 is 0 Å². The van der Waals surface area contributed by atoms with E-state index in [1.807, 2.05) is 10.9 Å². The minimum Gasteiger partial charge on any atom is -0.347 e. The molecule has 5 nitrogen and oxygen atoms in total. The molecule has 130 valence electrons. The van der Waals surface area contributed by atoms with Gasteiger partial charge in [-0.15, -0.1) is 0 Å². The molecule has 0 aliphatic heterocycles. The van der Waals surface area contributed by atoms with Crippen molar-refractivity contribution in [3.05, 3.63) is 46.6 Å². The standard InChI is InChI=1S/C19H23N5S/c1-2-23-13-15(16-10-6-7-11-17(16)23)12-20-24-18(21-22-19(24)25)14-8-4-3-5-9-14/h6-7,10-14H,2-5,8-9H2,1H3,(H,22,25)/b20-12-. The molecule has 0 bridgehead atoms. The molecule has 1 aromatic carbocycles. The first-order chi connectivity index (χ1) is 12.3. The van der Waals surface area contributed by atoms with Gasteiger partial charge < -0.3 is 4.57 Å². The van der Waals surface area contributed by atoms with Gasteiger partial charge in [-0.25, -0.2) is 0 Å². The van der Waals surface area contributed by atoms with E-state index in [-0.39, 0.29) is 0 Å². The van der Waals surface area contributed by atoms with Gasteiger partial charge in [-0.1, -0.05) is 37.5 Å². The topological polar surface area (TPSA) is 50.9 Å². The van der Waals surface area contributed by atoms with Gasteiger partial charge in [0.2, 0.25) is 4.77 Å². The molecule has 0 saturated heterocycles. The van der Waals surface area contributed by atoms with Crippen LogP contribution in [0.4, 0.5) is 0 Å². The monoisotopic (exact) mass is 353 g/mol. The van der Waals surface area contributed by atoms with Crippen LogP contribution in [-0.2, 0) is 6.54 Å². The Kier molecular flexibility index (Phi) is 4.53. The van der Waals surface area contributed by atoms with Gasteiger partial charge in [0.25, 0.3) is 0 Å². The summed E-state index contributed by atoms with van der Waals surface area (Å²) in [6.45, 7) is 3.09. The Bertz CT molecular complexity index is 956. The summed E-state index contributed by atoms with van der Waals surface area (Å²) >= 11 is 5.41. The van der Waals surface area contributed by atoms with Gasteiger partial charge >= 0.3 is 0 Å². The fourth-order valence-electron chi connectivity index (χ4n) is 3.80. The van der Waals surface area contributed by atoms with Gasteiger partial charge in [-0.2, -0.15) is 14.9 Å². The molecule has 0 atom stereocenters. The maximum absolute atomic E-state index is 5.41. The molecular weight excluding hydrogens is 330 g/mol. The number of benzene rings is 1. The van der Waals surface area contributed by atoms with Gasteiger partial charge in [0.15, 0.2) is 5.82 Å². The lowest BCUT2D eigenvalue weighted by Crippen LogP contribution is -2.10. The van der Waals surface area contributed by atoms with Crippen molar-refractivity contribution in [2.45, 2.75) is 51.5 Å². The van der Waals surface area contributed by atoms with Gasteiger partial charge in [0, 0.05) is 35.1 Å². The SMILES string of the molecule is CCn1cc(/C=N\n2c(C3CCCCC3)n[nH]c2=S)c2ccccc21. The molecular formula is C19H23N5S. The average molecular weight is 353 g/mol. The van der Waals surface area contributed by atoms with Crippen molar-refractivity contribution in [2.24, 2.45) is 5.10 Å². The Morgan fingerprint density at radius 2 is 2.08 bits per heavy atom. The highest BCUT2D eigenvalue weighted by molar-refractivity contribution is 7.71. The molecule has 2 aromatic heterocycles. The minimum atomic E-state index is 0.454. The molecule has 1 aliphatic carbocycles. The van der Waals surface area contributed by atoms with Gasteiger partial charge in [0.1, 0.15) is 0 Å². The highest BCUT2D eigenvalue weighted by Gasteiger charge is 2.21. The lowest BCUT2D eigenvalue weighted by atomic mass is 9.89. The summed E-state index contributed by atoms with van der Waals surface area (Å²) in [5.41, 5.74) is 2.34. The van der Waals surface area contributed by atoms with E-state index in [0.717, 1.165) is 17.9 Å². The van der Waals surface area contributed by atoms with Crippen molar-refractivity contribution in [1.82, 2.24) is 19.4 Å². The molecule has 25 heavy (non-hydrogen) atoms. The predicted molar refractivity (Wildman–Crippen MR) is 104 cm³/mol. The molecule has 0 radical (unpaired) electrons. The number of nitrogens with zero attached hydrogens (tertiary/aromatic N) is 4. The van der Waals surface area contributed by atoms with Crippen LogP contribution in [-0.4, -0.2) is 25.7 Å². The number of hydrogen-bond acceptors (Lipinski definition) is 3. The summed E-state index contributed by atoms with van der Waals surface area (Å²) in [5.74, 6) is 1.43. The fraction of sp³-hybridized carbons (Fsp3) is 0.421. The van der Waals surface area contributed by atoms with Crippen molar-refractivity contribution in [3.8, 4) is 0 Å². The van der Waals surface area contributed by atoms with Crippen LogP contribution in [0.25, 0.3) is 10.9 Å². The quantitative estimate of drug-likeness (QED) is 0.539. The molecule has 3 aromatic rings. The first-order valence-electron chi connectivity index (χ1n) is 9.07. The maximum atomic E-state index is 5.41. The van der Waals surface area contributed by atoms with E-state index in [1.165, 1.54) is 43.0 Å². The number of nitrogens with one attached hydrogen (secondary N) is 1. The Morgan fingerprint density at radius 1 is 1.28 bits per heavy atom. The Balaban J connectivity index is 1.71. The molecule has 2 heterocycles. The van der Waals surface area contributed by atoms with Crippen molar-refractivity contribution in [3.63, 3.8) is 0 Å². The van der Waals surface area contributed by atoms with Crippen LogP contribution in [0.1, 0.15) is 56.3 Å². The van der Waals surface area contributed by atoms with E-state index in [9.17, 15) is 0 Å². The lowest BCUT2D eigenvalue weighted by molar-refractivity contribution is 0.419. The summed E-state index contributed by atoms with van der Waals surface area (Å²) in [6.07, 6.45) is 10.2. The molecule has 1 N–H and O–H groups in total. The zero-order valence-electron chi connectivity index (χ0n) is 14.5. The molecule has 4 rings (SSSR count). The van der Waals surface area contributed by atoms with E-state index in [4.69, 9.17) is 12.2 Å². The molecule has 1 aliphatic rings. The summed E-state index contributed by atoms with van der Waals surface area (Å²) in [6, 6.07) is 8.42. The molecule has 0 spiro atoms. The number of fused-ring (bicyclic) bond motifs is 1. The second kappa shape index (κ2) is 6.96. The summed E-state index contributed by atoms with van der Waals surface area (Å²) in [7, 11) is 0. The predicted octanol–water partition coefficient (Wildman–Crippen LogP) is 4.85. The van der Waals surface area contributed by atoms with Gasteiger partial charge in [0.05, 0.1) is 6.21 Å². The van der Waals surface area contributed by atoms with E-state index in [1.54, 1.807) is 0 Å². The lowest BCUT2D eigenvalue weighted by Gasteiger charge is -2.19. The minimum absolute atomic E-state index is 0.454. The van der Waals surface area contributed by atoms with E-state index in [0.29, 0.717) is 10.7 Å². The van der Waals surface area contributed by atoms with Crippen molar-refractivity contribution in [2.75, 3.05) is 0 Å². The highest BCUT2D eigenvalue weighted by atomic mass is 32.1. The van der Waals surface area contributed by atoms with Gasteiger partial charge in [-0.3, -0.25) is 5.10 Å². The number of para-hydroxylation sites is 1. The normalized spacial score (nSPS) is 16.2. The molecule has 1 fully saturated rings. The van der Waals surface area contributed by atoms with Crippen LogP contribution < -0.4 is 0 Å². The number of H-pyrrole nitrogens is 1. The zero-order chi connectivity index (χ0) is 17.2. The molecule has 1 saturated carbocycles. The number of aromatic nitrogens is 4. The third-order valence-corrected chi connectivity index (χ3v) is 5.38. The third-order valence-electron chi connectivity index (χ3n) is 5.12. The Labute approximate surface area is 152 Å². The smallest absolute Gasteiger partial charge is 0.216 e. The van der Waals surface area contributed by atoms with E-state index in [2.05, 4.69) is 57.3 Å². The number of rotatable bonds is 4. The summed E-state index contributed by atoms with van der Waals surface area (Å²) < 4.78 is 4.62. The van der Waals surface area contributed by atoms with Crippen LogP contribution in [0.15, 0.2) is 35.6 Å². The first-order valence-corrected chi connectivity index (χ1v) is 9.48. The Morgan fingerprint density at radius 3 is 2.88 bits per heavy atom. The zero-order valence-corrected chi connectivity index (χ0v) is 15.3. The number of aromatic amines is 1. The second-order valence-corrected chi connectivity index (χ2v) is 7.05. The number of aryl methyl sites for hydroxylation is 1. The molecule has 0 amide bonds. The summed E-state index contributed by atoms with van der Waals surface area (Å²) in [5, 5.41) is 13.3. The molecule has 6 heteroatoms. The third kappa shape index (κ3) is 3.06. The van der Waals surface area contributed by atoms with Crippen LogP contribution in [0.3, 0.4) is 0 Å². The Hall–Kier alpha value is -2.21. The van der Waals surface area contributed by atoms with Crippen LogP contribution in [0.2, 0.25) is 0 Å². The average Bonchev–Trinajstić information content (AvgIpc) is 3.21. The van der Waals surface area contributed by atoms with E-state index >= 15 is 0 Å². The first kappa shape index (κ1) is 16.3. The largest absolute Gasteiger partial charge is 0.347 e. The van der Waals surface area contributed by atoms with Crippen molar-refractivity contribution in [1.29, 1.82) is 0 Å². The maximum Gasteiger partial charge on any atom is 0.216 e. The number of hydrogen-bond donors (Lipinski definition) is 1.